The van der Waals surface area contributed by atoms with E-state index < -0.39 is 0 Å². The van der Waals surface area contributed by atoms with Crippen molar-refractivity contribution in [2.24, 2.45) is 5.92 Å². The maximum absolute atomic E-state index is 11.6. The Morgan fingerprint density at radius 1 is 1.26 bits per heavy atom. The first-order chi connectivity index (χ1) is 9.08. The Bertz CT molecular complexity index is 425. The van der Waals surface area contributed by atoms with E-state index in [9.17, 15) is 4.79 Å². The molecule has 0 unspecified atom stereocenters. The fraction of sp³-hybridized carbons (Fsp3) is 0.562. The van der Waals surface area contributed by atoms with E-state index in [1.165, 1.54) is 24.9 Å². The number of benzene rings is 1. The summed E-state index contributed by atoms with van der Waals surface area (Å²) in [6.45, 7) is 7.23. The van der Waals surface area contributed by atoms with Gasteiger partial charge in [-0.2, -0.15) is 0 Å². The molecule has 0 saturated carbocycles. The minimum absolute atomic E-state index is 0.0155. The monoisotopic (exact) mass is 260 g/mol. The molecule has 1 aliphatic rings. The first-order valence-electron chi connectivity index (χ1n) is 7.25. The lowest BCUT2D eigenvalue weighted by Gasteiger charge is -2.35. The molecule has 0 radical (unpaired) electrons. The number of hydrogen-bond donors (Lipinski definition) is 1. The van der Waals surface area contributed by atoms with E-state index in [2.05, 4.69) is 29.3 Å². The molecule has 0 bridgehead atoms. The van der Waals surface area contributed by atoms with E-state index in [1.54, 1.807) is 0 Å². The zero-order valence-corrected chi connectivity index (χ0v) is 12.1. The third kappa shape index (κ3) is 3.49. The third-order valence-corrected chi connectivity index (χ3v) is 3.79. The second-order valence-corrected chi connectivity index (χ2v) is 5.73. The number of nitrogens with one attached hydrogen (secondary N) is 1. The van der Waals surface area contributed by atoms with Crippen molar-refractivity contribution in [3.05, 3.63) is 24.3 Å². The molecule has 1 N–H and O–H groups in total. The Morgan fingerprint density at radius 2 is 1.95 bits per heavy atom. The fourth-order valence-electron chi connectivity index (χ4n) is 2.50. The summed E-state index contributed by atoms with van der Waals surface area (Å²) in [5.41, 5.74) is 2.14. The van der Waals surface area contributed by atoms with Gasteiger partial charge in [0.05, 0.1) is 0 Å². The molecule has 1 amide bonds. The maximum atomic E-state index is 11.6. The van der Waals surface area contributed by atoms with Gasteiger partial charge in [-0.05, 0) is 50.5 Å². The second-order valence-electron chi connectivity index (χ2n) is 5.73. The molecule has 2 rings (SSSR count). The minimum Gasteiger partial charge on any atom is -0.369 e. The molecule has 3 nitrogen and oxygen atoms in total. The molecule has 0 aromatic heterocycles. The zero-order valence-electron chi connectivity index (χ0n) is 12.1. The summed E-state index contributed by atoms with van der Waals surface area (Å²) in [7, 11) is 0. The predicted molar refractivity (Wildman–Crippen MR) is 80.6 cm³/mol. The van der Waals surface area contributed by atoms with Gasteiger partial charge in [0.1, 0.15) is 0 Å². The Balaban J connectivity index is 2.03. The molecule has 1 aromatic rings. The quantitative estimate of drug-likeness (QED) is 0.899. The van der Waals surface area contributed by atoms with Crippen LogP contribution in [0.15, 0.2) is 24.3 Å². The van der Waals surface area contributed by atoms with Crippen molar-refractivity contribution >= 4 is 17.3 Å². The highest BCUT2D eigenvalue weighted by Crippen LogP contribution is 2.25. The van der Waals surface area contributed by atoms with Gasteiger partial charge in [-0.25, -0.2) is 0 Å². The fourth-order valence-corrected chi connectivity index (χ4v) is 2.50. The highest BCUT2D eigenvalue weighted by atomic mass is 16.1. The van der Waals surface area contributed by atoms with Crippen LogP contribution in [-0.2, 0) is 4.79 Å². The lowest BCUT2D eigenvalue weighted by atomic mass is 10.0. The largest absolute Gasteiger partial charge is 0.369 e. The van der Waals surface area contributed by atoms with Crippen molar-refractivity contribution in [2.75, 3.05) is 16.8 Å². The van der Waals surface area contributed by atoms with Crippen LogP contribution in [0, 0.1) is 5.92 Å². The minimum atomic E-state index is 0.0155. The van der Waals surface area contributed by atoms with Crippen LogP contribution < -0.4 is 10.2 Å². The second kappa shape index (κ2) is 6.09. The van der Waals surface area contributed by atoms with Crippen molar-refractivity contribution in [1.29, 1.82) is 0 Å². The Labute approximate surface area is 116 Å². The number of amides is 1. The maximum Gasteiger partial charge on any atom is 0.226 e. The molecule has 1 atom stereocenters. The van der Waals surface area contributed by atoms with Crippen LogP contribution in [0.5, 0.6) is 0 Å². The van der Waals surface area contributed by atoms with Crippen LogP contribution in [0.2, 0.25) is 0 Å². The Hall–Kier alpha value is -1.51. The van der Waals surface area contributed by atoms with Gasteiger partial charge in [0, 0.05) is 29.9 Å². The molecule has 3 heteroatoms. The van der Waals surface area contributed by atoms with Crippen LogP contribution in [0.1, 0.15) is 40.0 Å². The van der Waals surface area contributed by atoms with Crippen LogP contribution in [-0.4, -0.2) is 18.5 Å². The summed E-state index contributed by atoms with van der Waals surface area (Å²) in [6.07, 6.45) is 3.88. The highest BCUT2D eigenvalue weighted by Gasteiger charge is 2.18. The van der Waals surface area contributed by atoms with Crippen LogP contribution >= 0.6 is 0 Å². The standard InChI is InChI=1S/C16H24N2O/c1-12(2)16(19)17-14-7-9-15(10-8-14)18-11-5-4-6-13(18)3/h7-10,12-13H,4-6,11H2,1-3H3,(H,17,19)/t13-/m1/s1. The predicted octanol–water partition coefficient (Wildman–Crippen LogP) is 3.66. The van der Waals surface area contributed by atoms with Crippen molar-refractivity contribution in [2.45, 2.75) is 46.1 Å². The van der Waals surface area contributed by atoms with Gasteiger partial charge in [0.15, 0.2) is 0 Å². The van der Waals surface area contributed by atoms with Crippen LogP contribution in [0.3, 0.4) is 0 Å². The first-order valence-corrected chi connectivity index (χ1v) is 7.25. The SMILES string of the molecule is CC(C)C(=O)Nc1ccc(N2CCCC[C@H]2C)cc1. The topological polar surface area (TPSA) is 32.3 Å². The molecule has 1 fully saturated rings. The smallest absolute Gasteiger partial charge is 0.226 e. The van der Waals surface area contributed by atoms with E-state index in [1.807, 2.05) is 26.0 Å². The number of anilines is 2. The molecule has 1 aliphatic heterocycles. The molecule has 19 heavy (non-hydrogen) atoms. The van der Waals surface area contributed by atoms with Crippen molar-refractivity contribution < 1.29 is 4.79 Å². The number of nitrogens with zero attached hydrogens (tertiary/aromatic N) is 1. The summed E-state index contributed by atoms with van der Waals surface area (Å²) in [5, 5.41) is 2.93. The Morgan fingerprint density at radius 3 is 2.53 bits per heavy atom. The summed E-state index contributed by atoms with van der Waals surface area (Å²) in [5.74, 6) is 0.0842. The summed E-state index contributed by atoms with van der Waals surface area (Å²) >= 11 is 0. The van der Waals surface area contributed by atoms with Gasteiger partial charge in [-0.15, -0.1) is 0 Å². The number of carbonyl (C=O) groups is 1. The van der Waals surface area contributed by atoms with Crippen LogP contribution in [0.25, 0.3) is 0 Å². The van der Waals surface area contributed by atoms with Gasteiger partial charge < -0.3 is 10.2 Å². The third-order valence-electron chi connectivity index (χ3n) is 3.79. The summed E-state index contributed by atoms with van der Waals surface area (Å²) in [4.78, 5) is 14.1. The lowest BCUT2D eigenvalue weighted by Crippen LogP contribution is -2.37. The van der Waals surface area contributed by atoms with Crippen molar-refractivity contribution in [3.63, 3.8) is 0 Å². The summed E-state index contributed by atoms with van der Waals surface area (Å²) in [6, 6.07) is 8.83. The average Bonchev–Trinajstić information content (AvgIpc) is 2.40. The van der Waals surface area contributed by atoms with Crippen molar-refractivity contribution in [3.8, 4) is 0 Å². The van der Waals surface area contributed by atoms with Gasteiger partial charge in [-0.3, -0.25) is 4.79 Å². The van der Waals surface area contributed by atoms with E-state index in [0.29, 0.717) is 6.04 Å². The van der Waals surface area contributed by atoms with E-state index >= 15 is 0 Å². The molecule has 1 heterocycles. The molecular formula is C16H24N2O. The summed E-state index contributed by atoms with van der Waals surface area (Å²) < 4.78 is 0. The lowest BCUT2D eigenvalue weighted by molar-refractivity contribution is -0.118. The van der Waals surface area contributed by atoms with Crippen molar-refractivity contribution in [1.82, 2.24) is 0 Å². The molecular weight excluding hydrogens is 236 g/mol. The van der Waals surface area contributed by atoms with Gasteiger partial charge >= 0.3 is 0 Å². The number of carbonyl (C=O) groups excluding carboxylic acids is 1. The molecule has 104 valence electrons. The molecule has 0 aliphatic carbocycles. The number of rotatable bonds is 3. The van der Waals surface area contributed by atoms with E-state index in [4.69, 9.17) is 0 Å². The number of piperidine rings is 1. The van der Waals surface area contributed by atoms with Gasteiger partial charge in [-0.1, -0.05) is 13.8 Å². The normalized spacial score (nSPS) is 19.6. The van der Waals surface area contributed by atoms with E-state index in [-0.39, 0.29) is 11.8 Å². The van der Waals surface area contributed by atoms with Crippen LogP contribution in [0.4, 0.5) is 11.4 Å². The van der Waals surface area contributed by atoms with Gasteiger partial charge in [0.2, 0.25) is 5.91 Å². The molecule has 1 saturated heterocycles. The average molecular weight is 260 g/mol. The van der Waals surface area contributed by atoms with E-state index in [0.717, 1.165) is 12.2 Å². The first kappa shape index (κ1) is 13.9. The zero-order chi connectivity index (χ0) is 13.8. The number of hydrogen-bond acceptors (Lipinski definition) is 2. The van der Waals surface area contributed by atoms with Gasteiger partial charge in [0.25, 0.3) is 0 Å². The highest BCUT2D eigenvalue weighted by molar-refractivity contribution is 5.92. The Kier molecular flexibility index (Phi) is 4.46. The molecule has 0 spiro atoms. The molecule has 1 aromatic carbocycles.